The van der Waals surface area contributed by atoms with Crippen LogP contribution >= 0.6 is 0 Å². The van der Waals surface area contributed by atoms with E-state index < -0.39 is 32.2 Å². The fraction of sp³-hybridized carbons (Fsp3) is 0.548. The molecule has 270 valence electrons. The molecule has 0 spiro atoms. The van der Waals surface area contributed by atoms with Gasteiger partial charge in [-0.25, -0.2) is 4.79 Å². The van der Waals surface area contributed by atoms with Crippen LogP contribution < -0.4 is 5.32 Å². The van der Waals surface area contributed by atoms with E-state index in [1.807, 2.05) is 6.92 Å². The Hall–Kier alpha value is -3.16. The van der Waals surface area contributed by atoms with Gasteiger partial charge < -0.3 is 33.9 Å². The van der Waals surface area contributed by atoms with Crippen LogP contribution in [0.3, 0.4) is 0 Å². The third kappa shape index (κ3) is 18.4. The largest absolute Gasteiger partial charge is 0.453 e. The lowest BCUT2D eigenvalue weighted by atomic mass is 10.2. The molecule has 15 nitrogen and oxygen atoms in total. The van der Waals surface area contributed by atoms with Gasteiger partial charge in [0.2, 0.25) is 5.91 Å². The van der Waals surface area contributed by atoms with E-state index >= 15 is 0 Å². The van der Waals surface area contributed by atoms with Crippen LogP contribution in [-0.2, 0) is 62.8 Å². The first kappa shape index (κ1) is 41.0. The number of aryl methyl sites for hydroxylation is 1. The second kappa shape index (κ2) is 23.2. The molecule has 0 heterocycles. The number of rotatable bonds is 26. The van der Waals surface area contributed by atoms with E-state index in [2.05, 4.69) is 10.1 Å². The van der Waals surface area contributed by atoms with Gasteiger partial charge in [0.15, 0.2) is 0 Å². The van der Waals surface area contributed by atoms with Crippen LogP contribution in [0.15, 0.2) is 59.5 Å². The zero-order valence-electron chi connectivity index (χ0n) is 27.4. The molecule has 1 N–H and O–H groups in total. The van der Waals surface area contributed by atoms with E-state index in [-0.39, 0.29) is 63.2 Å². The lowest BCUT2D eigenvalue weighted by Gasteiger charge is -2.22. The minimum absolute atomic E-state index is 0.0145. The molecular weight excluding hydrogens is 672 g/mol. The standard InChI is InChI=1S/C31H46N2O13S2/c1-27-8-10-29(11-9-27)48(38,39)46-19-15-33(14-18-45-47(36,37)26-28-6-4-3-5-7-28)30(34)12-16-41-20-22-43-24-25-44-23-21-42-17-13-32-31(35)40-2/h3-11H,12-26H2,1-2H3,(H,32,35). The summed E-state index contributed by atoms with van der Waals surface area (Å²) >= 11 is 0. The van der Waals surface area contributed by atoms with Crippen molar-refractivity contribution in [2.24, 2.45) is 0 Å². The first-order chi connectivity index (χ1) is 23.0. The normalized spacial score (nSPS) is 11.7. The summed E-state index contributed by atoms with van der Waals surface area (Å²) < 4.78 is 86.3. The first-order valence-corrected chi connectivity index (χ1v) is 18.3. The van der Waals surface area contributed by atoms with Crippen molar-refractivity contribution >= 4 is 32.2 Å². The Labute approximate surface area is 283 Å². The molecule has 0 aliphatic heterocycles. The monoisotopic (exact) mass is 718 g/mol. The molecule has 2 aromatic carbocycles. The van der Waals surface area contributed by atoms with E-state index in [0.29, 0.717) is 45.1 Å². The topological polar surface area (TPSA) is 182 Å². The molecule has 17 heteroatoms. The minimum atomic E-state index is -4.06. The SMILES string of the molecule is COC(=O)NCCOCCOCCOCCOCCC(=O)N(CCOS(=O)(=O)Cc1ccccc1)CCOS(=O)(=O)c1ccc(C)cc1. The molecule has 48 heavy (non-hydrogen) atoms. The third-order valence-electron chi connectivity index (χ3n) is 6.35. The van der Waals surface area contributed by atoms with Crippen molar-refractivity contribution < 1.29 is 58.5 Å². The van der Waals surface area contributed by atoms with Crippen LogP contribution in [-0.4, -0.2) is 127 Å². The highest BCUT2D eigenvalue weighted by molar-refractivity contribution is 7.86. The van der Waals surface area contributed by atoms with E-state index in [1.165, 1.54) is 24.1 Å². The van der Waals surface area contributed by atoms with Gasteiger partial charge in [-0.3, -0.25) is 13.2 Å². The first-order valence-electron chi connectivity index (χ1n) is 15.3. The number of hydrogen-bond donors (Lipinski definition) is 1. The van der Waals surface area contributed by atoms with E-state index in [4.69, 9.17) is 27.3 Å². The zero-order valence-corrected chi connectivity index (χ0v) is 29.0. The molecule has 2 rings (SSSR count). The van der Waals surface area contributed by atoms with Crippen LogP contribution in [0.1, 0.15) is 17.5 Å². The predicted molar refractivity (Wildman–Crippen MR) is 174 cm³/mol. The van der Waals surface area contributed by atoms with Gasteiger partial charge in [0.25, 0.3) is 20.2 Å². The lowest BCUT2D eigenvalue weighted by molar-refractivity contribution is -0.133. The smallest absolute Gasteiger partial charge is 0.406 e. The van der Waals surface area contributed by atoms with Gasteiger partial charge in [-0.05, 0) is 24.6 Å². The summed E-state index contributed by atoms with van der Waals surface area (Å²) in [6.45, 7) is 3.57. The van der Waals surface area contributed by atoms with Gasteiger partial charge in [0.05, 0.1) is 84.5 Å². The fourth-order valence-electron chi connectivity index (χ4n) is 3.86. The van der Waals surface area contributed by atoms with Crippen molar-refractivity contribution in [3.63, 3.8) is 0 Å². The van der Waals surface area contributed by atoms with Crippen molar-refractivity contribution in [1.82, 2.24) is 10.2 Å². The van der Waals surface area contributed by atoms with Crippen LogP contribution in [0.5, 0.6) is 0 Å². The summed E-state index contributed by atoms with van der Waals surface area (Å²) in [5.74, 6) is -0.721. The Morgan fingerprint density at radius 2 is 1.23 bits per heavy atom. The molecule has 0 aliphatic carbocycles. The molecule has 0 aromatic heterocycles. The molecule has 0 fully saturated rings. The molecule has 0 saturated heterocycles. The highest BCUT2D eigenvalue weighted by Gasteiger charge is 2.20. The summed E-state index contributed by atoms with van der Waals surface area (Å²) in [6.07, 6.45) is -0.561. The number of alkyl carbamates (subject to hydrolysis) is 1. The van der Waals surface area contributed by atoms with Crippen molar-refractivity contribution in [2.45, 2.75) is 24.0 Å². The maximum absolute atomic E-state index is 13.0. The van der Waals surface area contributed by atoms with E-state index in [1.54, 1.807) is 42.5 Å². The number of nitrogens with zero attached hydrogens (tertiary/aromatic N) is 1. The van der Waals surface area contributed by atoms with Crippen molar-refractivity contribution in [1.29, 1.82) is 0 Å². The number of methoxy groups -OCH3 is 1. The van der Waals surface area contributed by atoms with Crippen molar-refractivity contribution in [2.75, 3.05) is 92.8 Å². The number of nitrogens with one attached hydrogen (secondary N) is 1. The number of benzene rings is 2. The minimum Gasteiger partial charge on any atom is -0.453 e. The summed E-state index contributed by atoms with van der Waals surface area (Å²) in [4.78, 5) is 25.1. The summed E-state index contributed by atoms with van der Waals surface area (Å²) in [7, 11) is -6.70. The lowest BCUT2D eigenvalue weighted by Crippen LogP contribution is -2.38. The molecule has 2 amide bonds. The Kier molecular flexibility index (Phi) is 19.9. The maximum Gasteiger partial charge on any atom is 0.406 e. The Bertz CT molecular complexity index is 1410. The average molecular weight is 719 g/mol. The van der Waals surface area contributed by atoms with Gasteiger partial charge in [-0.15, -0.1) is 0 Å². The molecule has 0 bridgehead atoms. The molecule has 0 aliphatic rings. The van der Waals surface area contributed by atoms with E-state index in [0.717, 1.165) is 5.56 Å². The second-order valence-electron chi connectivity index (χ2n) is 10.1. The number of carbonyl (C=O) groups is 2. The van der Waals surface area contributed by atoms with Gasteiger partial charge >= 0.3 is 6.09 Å². The number of amides is 2. The quantitative estimate of drug-likeness (QED) is 0.110. The molecular formula is C31H46N2O13S2. The highest BCUT2D eigenvalue weighted by atomic mass is 32.2. The second-order valence-corrected chi connectivity index (χ2v) is 13.4. The zero-order chi connectivity index (χ0) is 35.1. The number of ether oxygens (including phenoxy) is 5. The predicted octanol–water partition coefficient (Wildman–Crippen LogP) is 1.89. The van der Waals surface area contributed by atoms with Gasteiger partial charge in [-0.1, -0.05) is 48.0 Å². The molecule has 0 unspecified atom stereocenters. The summed E-state index contributed by atoms with van der Waals surface area (Å²) in [6, 6.07) is 14.7. The van der Waals surface area contributed by atoms with Crippen LogP contribution in [0, 0.1) is 6.92 Å². The fourth-order valence-corrected chi connectivity index (χ4v) is 5.77. The molecule has 0 radical (unpaired) electrons. The van der Waals surface area contributed by atoms with Crippen LogP contribution in [0.25, 0.3) is 0 Å². The summed E-state index contributed by atoms with van der Waals surface area (Å²) in [5, 5.41) is 2.49. The van der Waals surface area contributed by atoms with Crippen molar-refractivity contribution in [3.05, 3.63) is 65.7 Å². The van der Waals surface area contributed by atoms with E-state index in [9.17, 15) is 26.4 Å². The third-order valence-corrected chi connectivity index (χ3v) is 8.89. The van der Waals surface area contributed by atoms with Crippen molar-refractivity contribution in [3.8, 4) is 0 Å². The Morgan fingerprint density at radius 1 is 0.688 bits per heavy atom. The van der Waals surface area contributed by atoms with Gasteiger partial charge in [0, 0.05) is 19.6 Å². The van der Waals surface area contributed by atoms with Crippen LogP contribution in [0.2, 0.25) is 0 Å². The number of carbonyl (C=O) groups excluding carboxylic acids is 2. The molecule has 0 atom stereocenters. The Balaban J connectivity index is 1.70. The Morgan fingerprint density at radius 3 is 1.81 bits per heavy atom. The molecule has 0 saturated carbocycles. The average Bonchev–Trinajstić information content (AvgIpc) is 3.05. The number of hydrogen-bond acceptors (Lipinski definition) is 13. The molecule has 2 aromatic rings. The highest BCUT2D eigenvalue weighted by Crippen LogP contribution is 2.13. The van der Waals surface area contributed by atoms with Crippen LogP contribution in [0.4, 0.5) is 4.79 Å². The van der Waals surface area contributed by atoms with Gasteiger partial charge in [-0.2, -0.15) is 16.8 Å². The maximum atomic E-state index is 13.0. The van der Waals surface area contributed by atoms with Gasteiger partial charge in [0.1, 0.15) is 5.75 Å². The summed E-state index contributed by atoms with van der Waals surface area (Å²) in [5.41, 5.74) is 1.44.